The molecule has 8 heteroatoms. The molecule has 2 amide bonds. The van der Waals surface area contributed by atoms with Gasteiger partial charge in [0.2, 0.25) is 11.8 Å². The van der Waals surface area contributed by atoms with Crippen LogP contribution in [0.5, 0.6) is 5.75 Å². The van der Waals surface area contributed by atoms with Gasteiger partial charge in [0.1, 0.15) is 17.4 Å². The first-order chi connectivity index (χ1) is 14.6. The molecule has 0 bridgehead atoms. The Hall–Kier alpha value is -3.16. The molecule has 2 aromatic rings. The van der Waals surface area contributed by atoms with Gasteiger partial charge in [-0.1, -0.05) is 6.07 Å². The molecule has 0 saturated carbocycles. The molecule has 1 aromatic heterocycles. The van der Waals surface area contributed by atoms with Gasteiger partial charge in [0, 0.05) is 44.0 Å². The molecule has 30 heavy (non-hydrogen) atoms. The third-order valence-corrected chi connectivity index (χ3v) is 5.65. The summed E-state index contributed by atoms with van der Waals surface area (Å²) in [5.74, 6) is 1.56. The Labute approximate surface area is 176 Å². The number of amides is 2. The zero-order valence-electron chi connectivity index (χ0n) is 17.2. The number of aromatic nitrogens is 2. The number of ether oxygens (including phenoxy) is 1. The number of nitrogens with one attached hydrogen (secondary N) is 1. The molecule has 3 heterocycles. The zero-order valence-corrected chi connectivity index (χ0v) is 17.2. The van der Waals surface area contributed by atoms with Crippen LogP contribution in [-0.4, -0.2) is 48.5 Å². The first-order valence-electron chi connectivity index (χ1n) is 10.4. The van der Waals surface area contributed by atoms with E-state index in [1.807, 2.05) is 24.3 Å². The second kappa shape index (κ2) is 9.11. The molecule has 158 valence electrons. The number of benzene rings is 1. The lowest BCUT2D eigenvalue weighted by Crippen LogP contribution is -2.33. The van der Waals surface area contributed by atoms with Crippen molar-refractivity contribution in [2.45, 2.75) is 32.2 Å². The van der Waals surface area contributed by atoms with Crippen LogP contribution in [0.25, 0.3) is 0 Å². The van der Waals surface area contributed by atoms with E-state index in [2.05, 4.69) is 20.2 Å². The van der Waals surface area contributed by atoms with Crippen LogP contribution in [0.2, 0.25) is 0 Å². The van der Waals surface area contributed by atoms with Crippen molar-refractivity contribution in [3.63, 3.8) is 0 Å². The van der Waals surface area contributed by atoms with Crippen LogP contribution >= 0.6 is 0 Å². The molecule has 1 aromatic carbocycles. The van der Waals surface area contributed by atoms with Crippen molar-refractivity contribution in [2.24, 2.45) is 5.92 Å². The minimum Gasteiger partial charge on any atom is -0.497 e. The van der Waals surface area contributed by atoms with E-state index in [1.165, 1.54) is 19.3 Å². The Kier molecular flexibility index (Phi) is 6.11. The molecule has 0 spiro atoms. The third kappa shape index (κ3) is 4.53. The smallest absolute Gasteiger partial charge is 0.227 e. The summed E-state index contributed by atoms with van der Waals surface area (Å²) in [7, 11) is 1.59. The average molecular weight is 409 g/mol. The number of carbonyl (C=O) groups is 2. The number of methoxy groups -OCH3 is 1. The van der Waals surface area contributed by atoms with Crippen LogP contribution in [0.4, 0.5) is 11.5 Å². The van der Waals surface area contributed by atoms with Gasteiger partial charge in [0.25, 0.3) is 0 Å². The quantitative estimate of drug-likeness (QED) is 0.787. The summed E-state index contributed by atoms with van der Waals surface area (Å²) >= 11 is 0. The standard InChI is InChI=1S/C22H27N5O3/c1-30-18-7-5-6-17(13-18)27-15-16(12-21(27)28)22(29)24-14-19-23-9-8-20(25-19)26-10-3-2-4-11-26/h5-9,13,16H,2-4,10-12,14-15H2,1H3,(H,24,29). The van der Waals surface area contributed by atoms with Crippen molar-refractivity contribution in [3.8, 4) is 5.75 Å². The van der Waals surface area contributed by atoms with Crippen molar-refractivity contribution in [1.82, 2.24) is 15.3 Å². The van der Waals surface area contributed by atoms with Crippen molar-refractivity contribution < 1.29 is 14.3 Å². The monoisotopic (exact) mass is 409 g/mol. The highest BCUT2D eigenvalue weighted by molar-refractivity contribution is 6.00. The predicted octanol–water partition coefficient (Wildman–Crippen LogP) is 2.14. The Morgan fingerprint density at radius 2 is 2.07 bits per heavy atom. The van der Waals surface area contributed by atoms with Crippen LogP contribution in [0.3, 0.4) is 0 Å². The minimum absolute atomic E-state index is 0.0632. The molecule has 1 atom stereocenters. The lowest BCUT2D eigenvalue weighted by Gasteiger charge is -2.27. The average Bonchev–Trinajstić information content (AvgIpc) is 3.20. The Balaban J connectivity index is 1.35. The van der Waals surface area contributed by atoms with E-state index in [0.717, 1.165) is 24.6 Å². The number of rotatable bonds is 6. The van der Waals surface area contributed by atoms with Gasteiger partial charge in [-0.2, -0.15) is 0 Å². The van der Waals surface area contributed by atoms with E-state index >= 15 is 0 Å². The topological polar surface area (TPSA) is 87.7 Å². The van der Waals surface area contributed by atoms with Gasteiger partial charge < -0.3 is 19.9 Å². The number of nitrogens with zero attached hydrogens (tertiary/aromatic N) is 4. The molecule has 4 rings (SSSR count). The lowest BCUT2D eigenvalue weighted by molar-refractivity contribution is -0.126. The minimum atomic E-state index is -0.394. The van der Waals surface area contributed by atoms with E-state index in [1.54, 1.807) is 24.3 Å². The SMILES string of the molecule is COc1cccc(N2CC(C(=O)NCc3nccc(N4CCCCC4)n3)CC2=O)c1. The summed E-state index contributed by atoms with van der Waals surface area (Å²) in [4.78, 5) is 37.9. The number of piperidine rings is 1. The van der Waals surface area contributed by atoms with Crippen molar-refractivity contribution in [3.05, 3.63) is 42.4 Å². The molecule has 0 aliphatic carbocycles. The first-order valence-corrected chi connectivity index (χ1v) is 10.4. The van der Waals surface area contributed by atoms with Gasteiger partial charge in [-0.3, -0.25) is 9.59 Å². The zero-order chi connectivity index (χ0) is 20.9. The summed E-state index contributed by atoms with van der Waals surface area (Å²) < 4.78 is 5.23. The molecular formula is C22H27N5O3. The van der Waals surface area contributed by atoms with Crippen LogP contribution in [0.1, 0.15) is 31.5 Å². The second-order valence-corrected chi connectivity index (χ2v) is 7.70. The molecular weight excluding hydrogens is 382 g/mol. The fourth-order valence-corrected chi connectivity index (χ4v) is 3.99. The number of carbonyl (C=O) groups excluding carboxylic acids is 2. The van der Waals surface area contributed by atoms with Crippen molar-refractivity contribution in [2.75, 3.05) is 36.5 Å². The fourth-order valence-electron chi connectivity index (χ4n) is 3.99. The molecule has 8 nitrogen and oxygen atoms in total. The molecule has 1 unspecified atom stereocenters. The number of hydrogen-bond acceptors (Lipinski definition) is 6. The summed E-state index contributed by atoms with van der Waals surface area (Å²) in [6, 6.07) is 9.23. The normalized spacial score (nSPS) is 19.1. The highest BCUT2D eigenvalue weighted by Gasteiger charge is 2.35. The third-order valence-electron chi connectivity index (χ3n) is 5.65. The van der Waals surface area contributed by atoms with Crippen molar-refractivity contribution in [1.29, 1.82) is 0 Å². The van der Waals surface area contributed by atoms with Crippen molar-refractivity contribution >= 4 is 23.3 Å². The van der Waals surface area contributed by atoms with Gasteiger partial charge in [-0.05, 0) is 37.5 Å². The fraction of sp³-hybridized carbons (Fsp3) is 0.455. The highest BCUT2D eigenvalue weighted by atomic mass is 16.5. The Morgan fingerprint density at radius 3 is 2.87 bits per heavy atom. The summed E-state index contributed by atoms with van der Waals surface area (Å²) in [6.07, 6.45) is 5.54. The van der Waals surface area contributed by atoms with Gasteiger partial charge in [0.15, 0.2) is 0 Å². The maximum absolute atomic E-state index is 12.7. The molecule has 1 N–H and O–H groups in total. The number of hydrogen-bond donors (Lipinski definition) is 1. The summed E-state index contributed by atoms with van der Waals surface area (Å²) in [6.45, 7) is 2.62. The second-order valence-electron chi connectivity index (χ2n) is 7.70. The highest BCUT2D eigenvalue weighted by Crippen LogP contribution is 2.28. The van der Waals surface area contributed by atoms with Gasteiger partial charge in [-0.15, -0.1) is 0 Å². The molecule has 2 saturated heterocycles. The van der Waals surface area contributed by atoms with Crippen LogP contribution in [0.15, 0.2) is 36.5 Å². The van der Waals surface area contributed by atoms with Gasteiger partial charge in [-0.25, -0.2) is 9.97 Å². The maximum atomic E-state index is 12.7. The first kappa shape index (κ1) is 20.1. The van der Waals surface area contributed by atoms with E-state index < -0.39 is 5.92 Å². The van der Waals surface area contributed by atoms with Gasteiger partial charge in [0.05, 0.1) is 19.6 Å². The predicted molar refractivity (Wildman–Crippen MR) is 113 cm³/mol. The molecule has 0 radical (unpaired) electrons. The van der Waals surface area contributed by atoms with E-state index in [-0.39, 0.29) is 24.8 Å². The molecule has 2 fully saturated rings. The largest absolute Gasteiger partial charge is 0.497 e. The Morgan fingerprint density at radius 1 is 1.23 bits per heavy atom. The van der Waals surface area contributed by atoms with E-state index in [0.29, 0.717) is 18.1 Å². The van der Waals surface area contributed by atoms with Crippen LogP contribution in [-0.2, 0) is 16.1 Å². The van der Waals surface area contributed by atoms with Gasteiger partial charge >= 0.3 is 0 Å². The summed E-state index contributed by atoms with van der Waals surface area (Å²) in [5, 5.41) is 2.90. The lowest BCUT2D eigenvalue weighted by atomic mass is 10.1. The van der Waals surface area contributed by atoms with Crippen LogP contribution < -0.4 is 19.9 Å². The molecule has 2 aliphatic rings. The van der Waals surface area contributed by atoms with Crippen LogP contribution in [0, 0.1) is 5.92 Å². The maximum Gasteiger partial charge on any atom is 0.227 e. The Bertz CT molecular complexity index is 913. The van der Waals surface area contributed by atoms with E-state index in [9.17, 15) is 9.59 Å². The van der Waals surface area contributed by atoms with E-state index in [4.69, 9.17) is 4.74 Å². The molecule has 2 aliphatic heterocycles. The summed E-state index contributed by atoms with van der Waals surface area (Å²) in [5.41, 5.74) is 0.743. The number of anilines is 2.